The van der Waals surface area contributed by atoms with Crippen molar-refractivity contribution in [3.8, 4) is 0 Å². The van der Waals surface area contributed by atoms with Crippen LogP contribution >= 0.6 is 11.3 Å². The number of nitrogens with one attached hydrogen (secondary N) is 1. The second kappa shape index (κ2) is 5.81. The second-order valence-corrected chi connectivity index (χ2v) is 5.98. The molecular weight excluding hydrogens is 245 g/mol. The van der Waals surface area contributed by atoms with E-state index < -0.39 is 0 Å². The number of rotatable bonds is 5. The van der Waals surface area contributed by atoms with E-state index in [4.69, 9.17) is 0 Å². The smallest absolute Gasteiger partial charge is 0.124 e. The summed E-state index contributed by atoms with van der Waals surface area (Å²) < 4.78 is 14.2. The molecule has 1 N–H and O–H groups in total. The first-order valence-electron chi connectivity index (χ1n) is 6.52. The number of fused-ring (bicyclic) bond motifs is 1. The Morgan fingerprint density at radius 3 is 2.78 bits per heavy atom. The molecule has 3 heteroatoms. The molecule has 1 aromatic heterocycles. The first-order chi connectivity index (χ1) is 8.65. The summed E-state index contributed by atoms with van der Waals surface area (Å²) in [6, 6.07) is 7.57. The van der Waals surface area contributed by atoms with Crippen LogP contribution < -0.4 is 5.32 Å². The molecule has 0 amide bonds. The molecular formula is C15H20FNS. The SMILES string of the molecule is CCCC(C)C(NC)c1cc2ccc(F)cc2s1. The second-order valence-electron chi connectivity index (χ2n) is 4.86. The van der Waals surface area contributed by atoms with Crippen molar-refractivity contribution in [1.82, 2.24) is 5.32 Å². The Morgan fingerprint density at radius 2 is 2.11 bits per heavy atom. The standard InChI is InChI=1S/C15H20FNS/c1-4-5-10(2)15(17-3)14-8-11-6-7-12(16)9-13(11)18-14/h6-10,15,17H,4-5H2,1-3H3. The molecule has 1 heterocycles. The lowest BCUT2D eigenvalue weighted by atomic mass is 9.95. The van der Waals surface area contributed by atoms with E-state index in [1.54, 1.807) is 17.4 Å². The van der Waals surface area contributed by atoms with E-state index in [-0.39, 0.29) is 5.82 Å². The van der Waals surface area contributed by atoms with E-state index in [9.17, 15) is 4.39 Å². The summed E-state index contributed by atoms with van der Waals surface area (Å²) in [7, 11) is 2.00. The lowest BCUT2D eigenvalue weighted by Crippen LogP contribution is -2.22. The van der Waals surface area contributed by atoms with Gasteiger partial charge in [-0.1, -0.05) is 26.3 Å². The largest absolute Gasteiger partial charge is 0.312 e. The van der Waals surface area contributed by atoms with Gasteiger partial charge in [0.2, 0.25) is 0 Å². The van der Waals surface area contributed by atoms with E-state index in [0.29, 0.717) is 12.0 Å². The maximum Gasteiger partial charge on any atom is 0.124 e. The molecule has 18 heavy (non-hydrogen) atoms. The third-order valence-corrected chi connectivity index (χ3v) is 4.61. The number of thiophene rings is 1. The molecule has 0 saturated heterocycles. The summed E-state index contributed by atoms with van der Waals surface area (Å²) >= 11 is 1.70. The lowest BCUT2D eigenvalue weighted by Gasteiger charge is -2.21. The van der Waals surface area contributed by atoms with Gasteiger partial charge < -0.3 is 5.32 Å². The maximum absolute atomic E-state index is 13.2. The first kappa shape index (κ1) is 13.5. The molecule has 1 aromatic carbocycles. The van der Waals surface area contributed by atoms with E-state index in [0.717, 1.165) is 10.1 Å². The predicted octanol–water partition coefficient (Wildman–Crippen LogP) is 4.74. The number of hydrogen-bond donors (Lipinski definition) is 1. The Hall–Kier alpha value is -0.930. The van der Waals surface area contributed by atoms with Crippen LogP contribution in [-0.4, -0.2) is 7.05 Å². The third-order valence-electron chi connectivity index (χ3n) is 3.43. The maximum atomic E-state index is 13.2. The molecule has 2 rings (SSSR count). The monoisotopic (exact) mass is 265 g/mol. The van der Waals surface area contributed by atoms with Crippen LogP contribution in [0.25, 0.3) is 10.1 Å². The highest BCUT2D eigenvalue weighted by molar-refractivity contribution is 7.19. The molecule has 0 spiro atoms. The zero-order chi connectivity index (χ0) is 13.1. The van der Waals surface area contributed by atoms with E-state index in [1.165, 1.54) is 23.8 Å². The Labute approximate surface area is 112 Å². The van der Waals surface area contributed by atoms with Crippen LogP contribution in [0.4, 0.5) is 4.39 Å². The van der Waals surface area contributed by atoms with Crippen molar-refractivity contribution < 1.29 is 4.39 Å². The van der Waals surface area contributed by atoms with Gasteiger partial charge in [-0.2, -0.15) is 0 Å². The van der Waals surface area contributed by atoms with E-state index in [2.05, 4.69) is 25.2 Å². The molecule has 2 aromatic rings. The van der Waals surface area contributed by atoms with Crippen LogP contribution in [0.3, 0.4) is 0 Å². The van der Waals surface area contributed by atoms with Crippen molar-refractivity contribution in [3.05, 3.63) is 35.0 Å². The van der Waals surface area contributed by atoms with E-state index in [1.807, 2.05) is 13.1 Å². The Morgan fingerprint density at radius 1 is 1.33 bits per heavy atom. The van der Waals surface area contributed by atoms with Gasteiger partial charge in [0.25, 0.3) is 0 Å². The van der Waals surface area contributed by atoms with Crippen LogP contribution in [0.1, 0.15) is 37.6 Å². The molecule has 2 atom stereocenters. The summed E-state index contributed by atoms with van der Waals surface area (Å²) in [5.41, 5.74) is 0. The highest BCUT2D eigenvalue weighted by Crippen LogP contribution is 2.34. The minimum absolute atomic E-state index is 0.154. The number of hydrogen-bond acceptors (Lipinski definition) is 2. The van der Waals surface area contributed by atoms with Crippen LogP contribution in [0, 0.1) is 11.7 Å². The number of halogens is 1. The lowest BCUT2D eigenvalue weighted by molar-refractivity contribution is 0.389. The summed E-state index contributed by atoms with van der Waals surface area (Å²) in [6.45, 7) is 4.49. The predicted molar refractivity (Wildman–Crippen MR) is 77.7 cm³/mol. The van der Waals surface area contributed by atoms with Gasteiger partial charge in [0.15, 0.2) is 0 Å². The molecule has 0 saturated carbocycles. The summed E-state index contributed by atoms with van der Waals surface area (Å²) in [5, 5.41) is 4.53. The van der Waals surface area contributed by atoms with Gasteiger partial charge in [0.1, 0.15) is 5.82 Å². The van der Waals surface area contributed by atoms with Crippen molar-refractivity contribution in [3.63, 3.8) is 0 Å². The van der Waals surface area contributed by atoms with Crippen LogP contribution in [0.2, 0.25) is 0 Å². The van der Waals surface area contributed by atoms with Gasteiger partial charge in [-0.15, -0.1) is 11.3 Å². The average Bonchev–Trinajstić information content (AvgIpc) is 2.72. The molecule has 0 fully saturated rings. The fraction of sp³-hybridized carbons (Fsp3) is 0.467. The Bertz CT molecular complexity index is 520. The van der Waals surface area contributed by atoms with Gasteiger partial charge in [0.05, 0.1) is 0 Å². The van der Waals surface area contributed by atoms with Gasteiger partial charge in [-0.05, 0) is 43.0 Å². The highest BCUT2D eigenvalue weighted by Gasteiger charge is 2.19. The van der Waals surface area contributed by atoms with E-state index >= 15 is 0 Å². The third kappa shape index (κ3) is 2.73. The van der Waals surface area contributed by atoms with Crippen LogP contribution in [-0.2, 0) is 0 Å². The molecule has 0 bridgehead atoms. The zero-order valence-corrected chi connectivity index (χ0v) is 12.0. The number of benzene rings is 1. The van der Waals surface area contributed by atoms with Crippen molar-refractivity contribution in [2.24, 2.45) is 5.92 Å². The van der Waals surface area contributed by atoms with Crippen molar-refractivity contribution in [2.75, 3.05) is 7.05 Å². The van der Waals surface area contributed by atoms with Crippen molar-refractivity contribution in [1.29, 1.82) is 0 Å². The molecule has 2 unspecified atom stereocenters. The minimum Gasteiger partial charge on any atom is -0.312 e. The molecule has 1 nitrogen and oxygen atoms in total. The Kier molecular flexibility index (Phi) is 4.36. The summed E-state index contributed by atoms with van der Waals surface area (Å²) in [6.07, 6.45) is 2.40. The summed E-state index contributed by atoms with van der Waals surface area (Å²) in [4.78, 5) is 1.30. The quantitative estimate of drug-likeness (QED) is 0.823. The van der Waals surface area contributed by atoms with Gasteiger partial charge in [-0.25, -0.2) is 4.39 Å². The normalized spacial score (nSPS) is 14.9. The van der Waals surface area contributed by atoms with Gasteiger partial charge >= 0.3 is 0 Å². The average molecular weight is 265 g/mol. The Balaban J connectivity index is 2.33. The topological polar surface area (TPSA) is 12.0 Å². The molecule has 98 valence electrons. The van der Waals surface area contributed by atoms with Crippen LogP contribution in [0.15, 0.2) is 24.3 Å². The van der Waals surface area contributed by atoms with Crippen molar-refractivity contribution in [2.45, 2.75) is 32.7 Å². The van der Waals surface area contributed by atoms with Gasteiger partial charge in [0, 0.05) is 15.6 Å². The molecule has 0 radical (unpaired) electrons. The molecule has 0 aliphatic rings. The molecule has 0 aliphatic carbocycles. The zero-order valence-electron chi connectivity index (χ0n) is 11.2. The van der Waals surface area contributed by atoms with Gasteiger partial charge in [-0.3, -0.25) is 0 Å². The highest BCUT2D eigenvalue weighted by atomic mass is 32.1. The fourth-order valence-corrected chi connectivity index (χ4v) is 3.84. The minimum atomic E-state index is -0.154. The molecule has 0 aliphatic heterocycles. The summed E-state index contributed by atoms with van der Waals surface area (Å²) in [5.74, 6) is 0.441. The first-order valence-corrected chi connectivity index (χ1v) is 7.33. The fourth-order valence-electron chi connectivity index (χ4n) is 2.51. The van der Waals surface area contributed by atoms with Crippen LogP contribution in [0.5, 0.6) is 0 Å². The van der Waals surface area contributed by atoms with Crippen molar-refractivity contribution >= 4 is 21.4 Å².